The van der Waals surface area contributed by atoms with E-state index in [1.807, 2.05) is 30.0 Å². The number of nitrogens with two attached hydrogens (primary N) is 1. The predicted molar refractivity (Wildman–Crippen MR) is 90.4 cm³/mol. The molecule has 0 aliphatic heterocycles. The fraction of sp³-hybridized carbons (Fsp3) is 0.250. The maximum Gasteiger partial charge on any atom is 0.0552 e. The Balaban J connectivity index is 2.34. The Bertz CT molecular complexity index is 561. The molecule has 0 spiro atoms. The van der Waals surface area contributed by atoms with Crippen molar-refractivity contribution in [2.24, 2.45) is 0 Å². The first-order chi connectivity index (χ1) is 8.97. The van der Waals surface area contributed by atoms with Gasteiger partial charge in [0.05, 0.1) is 8.07 Å². The summed E-state index contributed by atoms with van der Waals surface area (Å²) in [6, 6.07) is 16.7. The quantitative estimate of drug-likeness (QED) is 0.491. The molecule has 3 heteroatoms. The van der Waals surface area contributed by atoms with Crippen LogP contribution in [-0.4, -0.2) is 13.5 Å². The van der Waals surface area contributed by atoms with Crippen molar-refractivity contribution in [3.63, 3.8) is 0 Å². The fourth-order valence-electron chi connectivity index (χ4n) is 1.85. The molecule has 0 saturated carbocycles. The molecule has 0 radical (unpaired) electrons. The first-order valence-electron chi connectivity index (χ1n) is 6.54. The van der Waals surface area contributed by atoms with E-state index in [2.05, 4.69) is 50.0 Å². The predicted octanol–water partition coefficient (Wildman–Crippen LogP) is 4.91. The third-order valence-corrected chi connectivity index (χ3v) is 7.51. The SMILES string of the molecule is C[Si](C)(C)CSc1ccccc1-c1ccccc1N. The zero-order chi connectivity index (χ0) is 13.9. The summed E-state index contributed by atoms with van der Waals surface area (Å²) in [5.74, 6) is 0. The molecule has 2 N–H and O–H groups in total. The van der Waals surface area contributed by atoms with Crippen LogP contribution in [-0.2, 0) is 0 Å². The average molecular weight is 288 g/mol. The lowest BCUT2D eigenvalue weighted by Crippen LogP contribution is -2.23. The topological polar surface area (TPSA) is 26.0 Å². The first kappa shape index (κ1) is 14.2. The molecule has 0 fully saturated rings. The van der Waals surface area contributed by atoms with Crippen LogP contribution in [0.5, 0.6) is 0 Å². The van der Waals surface area contributed by atoms with Crippen molar-refractivity contribution in [3.05, 3.63) is 48.5 Å². The highest BCUT2D eigenvalue weighted by Crippen LogP contribution is 2.35. The van der Waals surface area contributed by atoms with E-state index in [-0.39, 0.29) is 0 Å². The van der Waals surface area contributed by atoms with Gasteiger partial charge in [-0.25, -0.2) is 0 Å². The van der Waals surface area contributed by atoms with E-state index in [0.717, 1.165) is 11.3 Å². The van der Waals surface area contributed by atoms with Crippen molar-refractivity contribution in [2.45, 2.75) is 24.5 Å². The maximum absolute atomic E-state index is 6.10. The number of rotatable bonds is 4. The molecule has 0 aliphatic rings. The van der Waals surface area contributed by atoms with Crippen molar-refractivity contribution in [3.8, 4) is 11.1 Å². The highest BCUT2D eigenvalue weighted by atomic mass is 32.2. The molecule has 0 aromatic heterocycles. The van der Waals surface area contributed by atoms with E-state index < -0.39 is 8.07 Å². The zero-order valence-corrected chi connectivity index (χ0v) is 13.6. The minimum absolute atomic E-state index is 0.851. The lowest BCUT2D eigenvalue weighted by Gasteiger charge is -2.17. The van der Waals surface area contributed by atoms with Crippen LogP contribution in [0.4, 0.5) is 5.69 Å². The fourth-order valence-corrected chi connectivity index (χ4v) is 4.71. The van der Waals surface area contributed by atoms with Crippen LogP contribution in [0.15, 0.2) is 53.4 Å². The standard InChI is InChI=1S/C16H21NSSi/c1-19(2,3)12-18-16-11-7-5-9-14(16)13-8-4-6-10-15(13)17/h4-11H,12,17H2,1-3H3. The molecule has 1 nitrogen and oxygen atoms in total. The van der Waals surface area contributed by atoms with Gasteiger partial charge in [0, 0.05) is 16.1 Å². The van der Waals surface area contributed by atoms with Gasteiger partial charge >= 0.3 is 0 Å². The molecule has 0 aliphatic carbocycles. The van der Waals surface area contributed by atoms with E-state index in [1.54, 1.807) is 0 Å². The molecule has 0 heterocycles. The van der Waals surface area contributed by atoms with E-state index in [9.17, 15) is 0 Å². The molecular formula is C16H21NSSi. The molecule has 19 heavy (non-hydrogen) atoms. The number of nitrogen functional groups attached to an aromatic ring is 1. The van der Waals surface area contributed by atoms with Crippen molar-refractivity contribution in [2.75, 3.05) is 11.1 Å². The van der Waals surface area contributed by atoms with Crippen LogP contribution >= 0.6 is 11.8 Å². The normalized spacial score (nSPS) is 11.5. The smallest absolute Gasteiger partial charge is 0.0552 e. The lowest BCUT2D eigenvalue weighted by atomic mass is 10.0. The number of para-hydroxylation sites is 1. The summed E-state index contributed by atoms with van der Waals surface area (Å²) >= 11 is 1.96. The molecule has 0 unspecified atom stereocenters. The molecule has 0 amide bonds. The van der Waals surface area contributed by atoms with Gasteiger partial charge < -0.3 is 5.73 Å². The van der Waals surface area contributed by atoms with E-state index in [1.165, 1.54) is 15.8 Å². The molecule has 2 aromatic carbocycles. The van der Waals surface area contributed by atoms with Gasteiger partial charge in [-0.3, -0.25) is 0 Å². The summed E-state index contributed by atoms with van der Waals surface area (Å²) < 4.78 is 0. The van der Waals surface area contributed by atoms with Crippen LogP contribution in [0.3, 0.4) is 0 Å². The Morgan fingerprint density at radius 2 is 1.47 bits per heavy atom. The minimum atomic E-state index is -1.05. The average Bonchev–Trinajstić information content (AvgIpc) is 2.37. The van der Waals surface area contributed by atoms with Crippen molar-refractivity contribution in [1.29, 1.82) is 0 Å². The number of hydrogen-bond donors (Lipinski definition) is 1. The molecule has 0 bridgehead atoms. The summed E-state index contributed by atoms with van der Waals surface area (Å²) in [5, 5.41) is 1.23. The highest BCUT2D eigenvalue weighted by molar-refractivity contribution is 8.01. The van der Waals surface area contributed by atoms with E-state index in [4.69, 9.17) is 5.73 Å². The Morgan fingerprint density at radius 3 is 2.11 bits per heavy atom. The summed E-state index contributed by atoms with van der Waals surface area (Å²) in [7, 11) is -1.05. The number of hydrogen-bond acceptors (Lipinski definition) is 2. The van der Waals surface area contributed by atoms with Gasteiger partial charge in [0.2, 0.25) is 0 Å². The third-order valence-electron chi connectivity index (χ3n) is 2.80. The van der Waals surface area contributed by atoms with Gasteiger partial charge in [-0.1, -0.05) is 56.0 Å². The van der Waals surface area contributed by atoms with Crippen molar-refractivity contribution >= 4 is 25.5 Å². The van der Waals surface area contributed by atoms with Gasteiger partial charge in [-0.2, -0.15) is 0 Å². The zero-order valence-electron chi connectivity index (χ0n) is 11.8. The Hall–Kier alpha value is -1.19. The second-order valence-corrected chi connectivity index (χ2v) is 12.9. The van der Waals surface area contributed by atoms with Gasteiger partial charge in [0.15, 0.2) is 0 Å². The van der Waals surface area contributed by atoms with Gasteiger partial charge in [0.25, 0.3) is 0 Å². The molecular weight excluding hydrogens is 266 g/mol. The number of anilines is 1. The third kappa shape index (κ3) is 3.88. The van der Waals surface area contributed by atoms with Crippen molar-refractivity contribution < 1.29 is 0 Å². The Kier molecular flexibility index (Phi) is 4.37. The van der Waals surface area contributed by atoms with Gasteiger partial charge in [-0.15, -0.1) is 11.8 Å². The van der Waals surface area contributed by atoms with Gasteiger partial charge in [0.1, 0.15) is 0 Å². The number of benzene rings is 2. The summed E-state index contributed by atoms with van der Waals surface area (Å²) in [4.78, 5) is 1.34. The molecule has 2 rings (SSSR count). The van der Waals surface area contributed by atoms with Crippen LogP contribution in [0.2, 0.25) is 19.6 Å². The van der Waals surface area contributed by atoms with Crippen LogP contribution in [0.1, 0.15) is 0 Å². The second-order valence-electron chi connectivity index (χ2n) is 5.93. The van der Waals surface area contributed by atoms with Gasteiger partial charge in [-0.05, 0) is 23.1 Å². The molecule has 2 aromatic rings. The minimum Gasteiger partial charge on any atom is -0.398 e. The first-order valence-corrected chi connectivity index (χ1v) is 11.2. The largest absolute Gasteiger partial charge is 0.398 e. The molecule has 0 saturated heterocycles. The Labute approximate surface area is 121 Å². The summed E-state index contributed by atoms with van der Waals surface area (Å²) in [6.07, 6.45) is 0. The van der Waals surface area contributed by atoms with Crippen LogP contribution < -0.4 is 5.73 Å². The van der Waals surface area contributed by atoms with Crippen LogP contribution in [0.25, 0.3) is 11.1 Å². The summed E-state index contributed by atoms with van der Waals surface area (Å²) in [5.41, 5.74) is 9.35. The van der Waals surface area contributed by atoms with E-state index >= 15 is 0 Å². The maximum atomic E-state index is 6.10. The van der Waals surface area contributed by atoms with E-state index in [0.29, 0.717) is 0 Å². The highest BCUT2D eigenvalue weighted by Gasteiger charge is 2.15. The molecule has 100 valence electrons. The second kappa shape index (κ2) is 5.84. The number of thioether (sulfide) groups is 1. The monoisotopic (exact) mass is 287 g/mol. The molecule has 0 atom stereocenters. The van der Waals surface area contributed by atoms with Crippen molar-refractivity contribution in [1.82, 2.24) is 0 Å². The summed E-state index contributed by atoms with van der Waals surface area (Å²) in [6.45, 7) is 7.21. The lowest BCUT2D eigenvalue weighted by molar-refractivity contribution is 1.44. The Morgan fingerprint density at radius 1 is 0.895 bits per heavy atom. The van der Waals surface area contributed by atoms with Crippen LogP contribution in [0, 0.1) is 0 Å².